The van der Waals surface area contributed by atoms with Gasteiger partial charge < -0.3 is 15.2 Å². The molecule has 4 nitrogen and oxygen atoms in total. The zero-order chi connectivity index (χ0) is 17.6. The van der Waals surface area contributed by atoms with Crippen molar-refractivity contribution in [1.82, 2.24) is 5.32 Å². The fraction of sp³-hybridized carbons (Fsp3) is 0.421. The number of carbonyl (C=O) groups is 1. The number of aliphatic hydroxyl groups excluding tert-OH is 1. The smallest absolute Gasteiger partial charge is 0.342 e. The summed E-state index contributed by atoms with van der Waals surface area (Å²) in [5.74, 6) is -0.145. The summed E-state index contributed by atoms with van der Waals surface area (Å²) in [6, 6.07) is 8.81. The lowest BCUT2D eigenvalue weighted by atomic mass is 10.0. The van der Waals surface area contributed by atoms with Gasteiger partial charge in [-0.3, -0.25) is 0 Å². The number of rotatable bonds is 5. The van der Waals surface area contributed by atoms with Crippen molar-refractivity contribution in [1.29, 1.82) is 0 Å². The quantitative estimate of drug-likeness (QED) is 0.276. The van der Waals surface area contributed by atoms with Crippen LogP contribution in [-0.2, 0) is 4.79 Å². The van der Waals surface area contributed by atoms with Crippen LogP contribution >= 0.6 is 0 Å². The third-order valence-corrected chi connectivity index (χ3v) is 3.30. The molecule has 0 aliphatic carbocycles. The van der Waals surface area contributed by atoms with Crippen molar-refractivity contribution >= 4 is 5.97 Å². The summed E-state index contributed by atoms with van der Waals surface area (Å²) in [5.41, 5.74) is 1.63. The predicted octanol–water partition coefficient (Wildman–Crippen LogP) is 4.50. The van der Waals surface area contributed by atoms with Crippen molar-refractivity contribution in [2.45, 2.75) is 53.5 Å². The Morgan fingerprint density at radius 3 is 2.17 bits per heavy atom. The highest BCUT2D eigenvalue weighted by Gasteiger charge is 2.18. The molecule has 0 bridgehead atoms. The third kappa shape index (κ3) is 5.81. The van der Waals surface area contributed by atoms with Gasteiger partial charge in [-0.15, -0.1) is 0 Å². The van der Waals surface area contributed by atoms with Gasteiger partial charge in [-0.05, 0) is 53.2 Å². The largest absolute Gasteiger partial charge is 0.507 e. The summed E-state index contributed by atoms with van der Waals surface area (Å²) in [5, 5.41) is 13.8. The minimum absolute atomic E-state index is 0.0421. The zero-order valence-corrected chi connectivity index (χ0v) is 14.9. The van der Waals surface area contributed by atoms with Gasteiger partial charge in [0.1, 0.15) is 11.5 Å². The van der Waals surface area contributed by atoms with Gasteiger partial charge in [0.25, 0.3) is 0 Å². The van der Waals surface area contributed by atoms with Gasteiger partial charge in [0.05, 0.1) is 5.57 Å². The van der Waals surface area contributed by atoms with Gasteiger partial charge in [-0.25, -0.2) is 4.79 Å². The summed E-state index contributed by atoms with van der Waals surface area (Å²) in [4.78, 5) is 12.2. The molecule has 0 fully saturated rings. The number of esters is 1. The maximum Gasteiger partial charge on any atom is 0.342 e. The predicted molar refractivity (Wildman–Crippen MR) is 93.3 cm³/mol. The molecule has 0 aliphatic rings. The molecule has 23 heavy (non-hydrogen) atoms. The van der Waals surface area contributed by atoms with E-state index in [0.717, 1.165) is 12.1 Å². The van der Waals surface area contributed by atoms with Crippen LogP contribution in [0.2, 0.25) is 0 Å². The molecule has 0 saturated carbocycles. The van der Waals surface area contributed by atoms with Crippen LogP contribution in [0.4, 0.5) is 0 Å². The van der Waals surface area contributed by atoms with E-state index in [1.807, 2.05) is 33.8 Å². The number of benzene rings is 1. The van der Waals surface area contributed by atoms with Crippen LogP contribution in [0.25, 0.3) is 0 Å². The van der Waals surface area contributed by atoms with Crippen molar-refractivity contribution in [3.63, 3.8) is 0 Å². The summed E-state index contributed by atoms with van der Waals surface area (Å²) in [6.45, 7) is 11.5. The van der Waals surface area contributed by atoms with Gasteiger partial charge >= 0.3 is 5.97 Å². The van der Waals surface area contributed by atoms with Crippen LogP contribution in [0.5, 0.6) is 5.75 Å². The first-order chi connectivity index (χ1) is 10.7. The second kappa shape index (κ2) is 7.86. The lowest BCUT2D eigenvalue weighted by molar-refractivity contribution is -0.130. The molecule has 2 N–H and O–H groups in total. The fourth-order valence-electron chi connectivity index (χ4n) is 2.09. The minimum Gasteiger partial charge on any atom is -0.507 e. The minimum atomic E-state index is -0.556. The summed E-state index contributed by atoms with van der Waals surface area (Å²) in [7, 11) is 0. The Bertz CT molecular complexity index is 607. The van der Waals surface area contributed by atoms with Gasteiger partial charge in [0, 0.05) is 16.8 Å². The number of allylic oxidation sites excluding steroid dienone is 2. The Balaban J connectivity index is 3.04. The second-order valence-corrected chi connectivity index (χ2v) is 6.51. The lowest BCUT2D eigenvalue weighted by Gasteiger charge is -2.25. The molecule has 0 saturated heterocycles. The normalized spacial score (nSPS) is 13.8. The van der Waals surface area contributed by atoms with E-state index in [9.17, 15) is 9.90 Å². The van der Waals surface area contributed by atoms with Gasteiger partial charge in [0.2, 0.25) is 0 Å². The molecule has 0 atom stereocenters. The van der Waals surface area contributed by atoms with Crippen molar-refractivity contribution < 1.29 is 14.6 Å². The number of para-hydroxylation sites is 1. The molecule has 1 aromatic carbocycles. The monoisotopic (exact) mass is 317 g/mol. The molecule has 0 radical (unpaired) electrons. The standard InChI is InChI=1S/C19H27NO3/c1-7-16(20-19(4,5)6)13(2)17(21)14(3)18(22)23-15-11-9-8-10-12-15/h8-12,20-21H,7H2,1-6H3/b16-13-,17-14+. The Morgan fingerprint density at radius 2 is 1.70 bits per heavy atom. The molecule has 1 aromatic rings. The molecular weight excluding hydrogens is 290 g/mol. The van der Waals surface area contributed by atoms with Crippen LogP contribution in [-0.4, -0.2) is 16.6 Å². The van der Waals surface area contributed by atoms with E-state index < -0.39 is 5.97 Å². The number of ether oxygens (including phenoxy) is 1. The van der Waals surface area contributed by atoms with E-state index in [0.29, 0.717) is 11.3 Å². The molecule has 1 rings (SSSR count). The molecule has 0 aliphatic heterocycles. The SMILES string of the molecule is CC/C(NC(C)(C)C)=C(C)/C(O)=C(/C)C(=O)Oc1ccccc1. The van der Waals surface area contributed by atoms with Crippen molar-refractivity contribution in [3.05, 3.63) is 52.9 Å². The molecule has 126 valence electrons. The van der Waals surface area contributed by atoms with Crippen LogP contribution < -0.4 is 10.1 Å². The lowest BCUT2D eigenvalue weighted by Crippen LogP contribution is -2.35. The van der Waals surface area contributed by atoms with E-state index in [1.165, 1.54) is 0 Å². The highest BCUT2D eigenvalue weighted by Crippen LogP contribution is 2.20. The average molecular weight is 317 g/mol. The van der Waals surface area contributed by atoms with Gasteiger partial charge in [-0.2, -0.15) is 0 Å². The van der Waals surface area contributed by atoms with E-state index >= 15 is 0 Å². The van der Waals surface area contributed by atoms with E-state index in [2.05, 4.69) is 5.32 Å². The average Bonchev–Trinajstić information content (AvgIpc) is 2.50. The van der Waals surface area contributed by atoms with E-state index in [1.54, 1.807) is 38.1 Å². The first-order valence-corrected chi connectivity index (χ1v) is 7.81. The molecule has 0 amide bonds. The number of carbonyl (C=O) groups excluding carboxylic acids is 1. The first-order valence-electron chi connectivity index (χ1n) is 7.81. The number of hydrogen-bond acceptors (Lipinski definition) is 4. The Morgan fingerprint density at radius 1 is 1.13 bits per heavy atom. The molecule has 4 heteroatoms. The van der Waals surface area contributed by atoms with Crippen molar-refractivity contribution in [2.75, 3.05) is 0 Å². The fourth-order valence-corrected chi connectivity index (χ4v) is 2.09. The number of nitrogens with one attached hydrogen (secondary N) is 1. The highest BCUT2D eigenvalue weighted by atomic mass is 16.5. The number of aliphatic hydroxyl groups is 1. The summed E-state index contributed by atoms with van der Waals surface area (Å²) in [6.07, 6.45) is 0.730. The zero-order valence-electron chi connectivity index (χ0n) is 14.9. The summed E-state index contributed by atoms with van der Waals surface area (Å²) >= 11 is 0. The topological polar surface area (TPSA) is 58.6 Å². The van der Waals surface area contributed by atoms with E-state index in [4.69, 9.17) is 4.74 Å². The van der Waals surface area contributed by atoms with Crippen molar-refractivity contribution in [2.24, 2.45) is 0 Å². The first kappa shape index (κ1) is 18.8. The molecular formula is C19H27NO3. The van der Waals surface area contributed by atoms with Crippen molar-refractivity contribution in [3.8, 4) is 5.75 Å². The Labute approximate surface area is 138 Å². The van der Waals surface area contributed by atoms with Gasteiger partial charge in [0.15, 0.2) is 0 Å². The Kier molecular flexibility index (Phi) is 6.43. The van der Waals surface area contributed by atoms with Crippen LogP contribution in [0.3, 0.4) is 0 Å². The van der Waals surface area contributed by atoms with Crippen LogP contribution in [0, 0.1) is 0 Å². The molecule has 0 unspecified atom stereocenters. The number of hydrogen-bond donors (Lipinski definition) is 2. The Hall–Kier alpha value is -2.23. The highest BCUT2D eigenvalue weighted by molar-refractivity contribution is 5.90. The molecule has 0 heterocycles. The second-order valence-electron chi connectivity index (χ2n) is 6.51. The van der Waals surface area contributed by atoms with Crippen LogP contribution in [0.1, 0.15) is 48.0 Å². The maximum atomic E-state index is 12.2. The maximum absolute atomic E-state index is 12.2. The van der Waals surface area contributed by atoms with Gasteiger partial charge in [-0.1, -0.05) is 25.1 Å². The van der Waals surface area contributed by atoms with Crippen LogP contribution in [0.15, 0.2) is 52.9 Å². The molecule has 0 spiro atoms. The van der Waals surface area contributed by atoms with E-state index in [-0.39, 0.29) is 16.9 Å². The molecule has 0 aromatic heterocycles. The third-order valence-electron chi connectivity index (χ3n) is 3.30. The summed E-state index contributed by atoms with van der Waals surface area (Å²) < 4.78 is 5.26.